The van der Waals surface area contributed by atoms with Crippen LogP contribution in [0.15, 0.2) is 6.07 Å². The fourth-order valence-electron chi connectivity index (χ4n) is 0.668. The van der Waals surface area contributed by atoms with Gasteiger partial charge in [-0.15, -0.1) is 0 Å². The van der Waals surface area contributed by atoms with Crippen LogP contribution in [-0.4, -0.2) is 4.98 Å². The Bertz CT molecular complexity index is 236. The van der Waals surface area contributed by atoms with Crippen molar-refractivity contribution in [2.75, 3.05) is 11.5 Å². The summed E-state index contributed by atoms with van der Waals surface area (Å²) in [6, 6.07) is 1.53. The van der Waals surface area contributed by atoms with E-state index in [1.165, 1.54) is 6.07 Å². The van der Waals surface area contributed by atoms with Crippen LogP contribution in [0.5, 0.6) is 0 Å². The van der Waals surface area contributed by atoms with Gasteiger partial charge in [-0.1, -0.05) is 11.6 Å². The molecule has 0 aliphatic heterocycles. The number of pyridine rings is 1. The monoisotopic (exact) mass is 157 g/mol. The van der Waals surface area contributed by atoms with Crippen molar-refractivity contribution in [3.05, 3.63) is 16.9 Å². The van der Waals surface area contributed by atoms with Crippen LogP contribution in [0.1, 0.15) is 5.69 Å². The summed E-state index contributed by atoms with van der Waals surface area (Å²) in [5.74, 6) is 0. The molecule has 10 heavy (non-hydrogen) atoms. The third-order valence-corrected chi connectivity index (χ3v) is 1.44. The molecule has 0 radical (unpaired) electrons. The molecule has 4 N–H and O–H groups in total. The van der Waals surface area contributed by atoms with Gasteiger partial charge in [0.15, 0.2) is 0 Å². The van der Waals surface area contributed by atoms with E-state index in [4.69, 9.17) is 23.1 Å². The number of aryl methyl sites for hydroxylation is 1. The number of rotatable bonds is 0. The molecule has 0 bridgehead atoms. The largest absolute Gasteiger partial charge is 0.397 e. The molecule has 1 rings (SSSR count). The summed E-state index contributed by atoms with van der Waals surface area (Å²) in [4.78, 5) is 3.89. The highest BCUT2D eigenvalue weighted by Gasteiger charge is 2.00. The molecule has 0 amide bonds. The minimum atomic E-state index is 0.379. The Balaban J connectivity index is 3.31. The smallest absolute Gasteiger partial charge is 0.131 e. The summed E-state index contributed by atoms with van der Waals surface area (Å²) in [5, 5.41) is 0.379. The Hall–Kier alpha value is -0.960. The van der Waals surface area contributed by atoms with E-state index in [0.717, 1.165) is 0 Å². The highest BCUT2D eigenvalue weighted by molar-refractivity contribution is 6.29. The fourth-order valence-corrected chi connectivity index (χ4v) is 0.912. The van der Waals surface area contributed by atoms with E-state index in [2.05, 4.69) is 4.98 Å². The maximum Gasteiger partial charge on any atom is 0.131 e. The molecular weight excluding hydrogens is 150 g/mol. The molecule has 0 aliphatic rings. The van der Waals surface area contributed by atoms with Gasteiger partial charge < -0.3 is 11.5 Å². The molecule has 54 valence electrons. The van der Waals surface area contributed by atoms with Crippen LogP contribution in [0.4, 0.5) is 11.4 Å². The molecule has 1 aromatic heterocycles. The molecule has 3 nitrogen and oxygen atoms in total. The van der Waals surface area contributed by atoms with Crippen LogP contribution in [0.3, 0.4) is 0 Å². The number of anilines is 2. The van der Waals surface area contributed by atoms with Crippen LogP contribution in [0.2, 0.25) is 5.15 Å². The van der Waals surface area contributed by atoms with Crippen molar-refractivity contribution in [3.8, 4) is 0 Å². The van der Waals surface area contributed by atoms with Gasteiger partial charge in [0.25, 0.3) is 0 Å². The lowest BCUT2D eigenvalue weighted by molar-refractivity contribution is 1.21. The lowest BCUT2D eigenvalue weighted by atomic mass is 10.3. The predicted octanol–water partition coefficient (Wildman–Crippen LogP) is 1.21. The minimum Gasteiger partial charge on any atom is -0.397 e. The Morgan fingerprint density at radius 1 is 1.50 bits per heavy atom. The average molecular weight is 158 g/mol. The molecule has 0 saturated heterocycles. The third-order valence-electron chi connectivity index (χ3n) is 1.25. The van der Waals surface area contributed by atoms with E-state index in [0.29, 0.717) is 22.2 Å². The molecule has 4 heteroatoms. The van der Waals surface area contributed by atoms with Gasteiger partial charge in [0.2, 0.25) is 0 Å². The number of halogens is 1. The van der Waals surface area contributed by atoms with Gasteiger partial charge in [-0.3, -0.25) is 0 Å². The molecule has 0 fully saturated rings. The lowest BCUT2D eigenvalue weighted by Gasteiger charge is -2.02. The zero-order valence-electron chi connectivity index (χ0n) is 5.56. The maximum atomic E-state index is 5.58. The summed E-state index contributed by atoms with van der Waals surface area (Å²) in [6.45, 7) is 1.76. The first-order valence-corrected chi connectivity index (χ1v) is 3.17. The number of nitrogen functional groups attached to an aromatic ring is 2. The van der Waals surface area contributed by atoms with E-state index in [1.54, 1.807) is 6.92 Å². The summed E-state index contributed by atoms with van der Waals surface area (Å²) >= 11 is 5.58. The van der Waals surface area contributed by atoms with Crippen molar-refractivity contribution in [1.82, 2.24) is 4.98 Å². The van der Waals surface area contributed by atoms with Crippen molar-refractivity contribution in [2.45, 2.75) is 6.92 Å². The highest BCUT2D eigenvalue weighted by Crippen LogP contribution is 2.20. The first-order chi connectivity index (χ1) is 4.61. The minimum absolute atomic E-state index is 0.379. The quantitative estimate of drug-likeness (QED) is 0.557. The second kappa shape index (κ2) is 2.34. The number of nitrogens with two attached hydrogens (primary N) is 2. The molecule has 0 atom stereocenters. The number of aromatic nitrogens is 1. The molecule has 0 unspecified atom stereocenters. The van der Waals surface area contributed by atoms with Crippen molar-refractivity contribution in [3.63, 3.8) is 0 Å². The maximum absolute atomic E-state index is 5.58. The van der Waals surface area contributed by atoms with E-state index in [1.807, 2.05) is 0 Å². The molecule has 1 aromatic rings. The SMILES string of the molecule is Cc1nc(Cl)cc(N)c1N. The van der Waals surface area contributed by atoms with E-state index >= 15 is 0 Å². The van der Waals surface area contributed by atoms with Crippen LogP contribution in [0, 0.1) is 6.92 Å². The Labute approximate surface area is 64.0 Å². The van der Waals surface area contributed by atoms with Gasteiger partial charge in [0.05, 0.1) is 17.1 Å². The first kappa shape index (κ1) is 7.15. The highest BCUT2D eigenvalue weighted by atomic mass is 35.5. The molecular formula is C6H8ClN3. The molecule has 0 aromatic carbocycles. The second-order valence-electron chi connectivity index (χ2n) is 2.03. The van der Waals surface area contributed by atoms with Gasteiger partial charge in [0.1, 0.15) is 5.15 Å². The Morgan fingerprint density at radius 2 is 2.10 bits per heavy atom. The van der Waals surface area contributed by atoms with Crippen LogP contribution < -0.4 is 11.5 Å². The van der Waals surface area contributed by atoms with Gasteiger partial charge in [0, 0.05) is 6.07 Å². The van der Waals surface area contributed by atoms with Gasteiger partial charge >= 0.3 is 0 Å². The van der Waals surface area contributed by atoms with Crippen LogP contribution >= 0.6 is 11.6 Å². The zero-order valence-corrected chi connectivity index (χ0v) is 6.31. The van der Waals surface area contributed by atoms with Crippen molar-refractivity contribution in [1.29, 1.82) is 0 Å². The molecule has 0 aliphatic carbocycles. The van der Waals surface area contributed by atoms with Crippen LogP contribution in [-0.2, 0) is 0 Å². The van der Waals surface area contributed by atoms with Crippen molar-refractivity contribution >= 4 is 23.0 Å². The topological polar surface area (TPSA) is 64.9 Å². The van der Waals surface area contributed by atoms with Gasteiger partial charge in [-0.2, -0.15) is 0 Å². The summed E-state index contributed by atoms with van der Waals surface area (Å²) < 4.78 is 0. The average Bonchev–Trinajstić information content (AvgIpc) is 1.82. The standard InChI is InChI=1S/C6H8ClN3/c1-3-6(9)4(8)2-5(7)10-3/h2H,9H2,1H3,(H2,8,10). The normalized spacial score (nSPS) is 9.80. The number of hydrogen-bond donors (Lipinski definition) is 2. The van der Waals surface area contributed by atoms with Crippen LogP contribution in [0.25, 0.3) is 0 Å². The number of nitrogens with zero attached hydrogens (tertiary/aromatic N) is 1. The van der Waals surface area contributed by atoms with Crippen molar-refractivity contribution in [2.24, 2.45) is 0 Å². The Morgan fingerprint density at radius 3 is 2.60 bits per heavy atom. The van der Waals surface area contributed by atoms with E-state index < -0.39 is 0 Å². The fraction of sp³-hybridized carbons (Fsp3) is 0.167. The zero-order chi connectivity index (χ0) is 7.72. The van der Waals surface area contributed by atoms with Gasteiger partial charge in [-0.25, -0.2) is 4.98 Å². The van der Waals surface area contributed by atoms with E-state index in [9.17, 15) is 0 Å². The van der Waals surface area contributed by atoms with E-state index in [-0.39, 0.29) is 0 Å². The Kier molecular flexibility index (Phi) is 1.68. The summed E-state index contributed by atoms with van der Waals surface area (Å²) in [7, 11) is 0. The molecule has 0 spiro atoms. The predicted molar refractivity (Wildman–Crippen MR) is 42.8 cm³/mol. The lowest BCUT2D eigenvalue weighted by Crippen LogP contribution is -1.99. The van der Waals surface area contributed by atoms with Crippen molar-refractivity contribution < 1.29 is 0 Å². The summed E-state index contributed by atoms with van der Waals surface area (Å²) in [5.41, 5.74) is 12.6. The third kappa shape index (κ3) is 1.14. The first-order valence-electron chi connectivity index (χ1n) is 2.79. The molecule has 1 heterocycles. The number of hydrogen-bond acceptors (Lipinski definition) is 3. The second-order valence-corrected chi connectivity index (χ2v) is 2.42. The summed E-state index contributed by atoms with van der Waals surface area (Å²) in [6.07, 6.45) is 0. The van der Waals surface area contributed by atoms with Gasteiger partial charge in [-0.05, 0) is 6.92 Å². The molecule has 0 saturated carbocycles.